The highest BCUT2D eigenvalue weighted by Crippen LogP contribution is 2.23. The van der Waals surface area contributed by atoms with Crippen LogP contribution >= 0.6 is 0 Å². The topological polar surface area (TPSA) is 60.9 Å². The largest absolute Gasteiger partial charge is 0.340 e. The van der Waals surface area contributed by atoms with E-state index < -0.39 is 9.84 Å². The van der Waals surface area contributed by atoms with E-state index in [1.807, 2.05) is 17.9 Å². The van der Waals surface area contributed by atoms with E-state index in [1.54, 1.807) is 24.3 Å². The second-order valence-electron chi connectivity index (χ2n) is 8.01. The highest BCUT2D eigenvalue weighted by atomic mass is 32.2. The molecular formula is C24H33N3O3S. The van der Waals surface area contributed by atoms with Crippen LogP contribution in [0.15, 0.2) is 59.5 Å². The lowest BCUT2D eigenvalue weighted by Gasteiger charge is -2.43. The monoisotopic (exact) mass is 443 g/mol. The summed E-state index contributed by atoms with van der Waals surface area (Å²) in [5, 5.41) is 4.70. The third kappa shape index (κ3) is 5.86. The van der Waals surface area contributed by atoms with Gasteiger partial charge in [0.25, 0.3) is 0 Å². The first-order chi connectivity index (χ1) is 14.8. The first kappa shape index (κ1) is 23.3. The maximum absolute atomic E-state index is 13.0. The number of anilines is 1. The molecule has 2 aromatic carbocycles. The van der Waals surface area contributed by atoms with Gasteiger partial charge in [0.05, 0.1) is 17.0 Å². The van der Waals surface area contributed by atoms with Crippen molar-refractivity contribution in [3.8, 4) is 0 Å². The Balaban J connectivity index is 1.60. The van der Waals surface area contributed by atoms with Gasteiger partial charge >= 0.3 is 0 Å². The van der Waals surface area contributed by atoms with Gasteiger partial charge < -0.3 is 9.91 Å². The molecule has 0 radical (unpaired) electrons. The van der Waals surface area contributed by atoms with Crippen LogP contribution in [0, 0.1) is 0 Å². The van der Waals surface area contributed by atoms with Crippen LogP contribution < -0.4 is 5.01 Å². The van der Waals surface area contributed by atoms with E-state index in [0.717, 1.165) is 38.0 Å². The summed E-state index contributed by atoms with van der Waals surface area (Å²) >= 11 is 0. The highest BCUT2D eigenvalue weighted by molar-refractivity contribution is 7.90. The number of hydrazine groups is 1. The third-order valence-electron chi connectivity index (χ3n) is 5.94. The van der Waals surface area contributed by atoms with Crippen LogP contribution in [-0.4, -0.2) is 62.7 Å². The first-order valence-electron chi connectivity index (χ1n) is 11.0. The Morgan fingerprint density at radius 1 is 0.968 bits per heavy atom. The van der Waals surface area contributed by atoms with Gasteiger partial charge in [-0.05, 0) is 56.5 Å². The molecule has 6 nitrogen and oxygen atoms in total. The van der Waals surface area contributed by atoms with Crippen molar-refractivity contribution in [2.24, 2.45) is 0 Å². The van der Waals surface area contributed by atoms with Crippen LogP contribution in [0.4, 0.5) is 5.69 Å². The number of nitrogens with zero attached hydrogens (tertiary/aromatic N) is 3. The van der Waals surface area contributed by atoms with E-state index in [0.29, 0.717) is 13.0 Å². The molecule has 1 saturated heterocycles. The number of piperidine rings is 1. The Kier molecular flexibility index (Phi) is 7.73. The van der Waals surface area contributed by atoms with Gasteiger partial charge in [-0.15, -0.1) is 0 Å². The summed E-state index contributed by atoms with van der Waals surface area (Å²) in [6, 6.07) is 17.3. The molecule has 0 N–H and O–H groups in total. The van der Waals surface area contributed by atoms with Gasteiger partial charge in [-0.3, -0.25) is 4.79 Å². The molecule has 1 heterocycles. The fraction of sp³-hybridized carbons (Fsp3) is 0.458. The molecule has 0 spiro atoms. The van der Waals surface area contributed by atoms with E-state index in [4.69, 9.17) is 0 Å². The lowest BCUT2D eigenvalue weighted by molar-refractivity contribution is -0.133. The molecule has 1 fully saturated rings. The summed E-state index contributed by atoms with van der Waals surface area (Å²) < 4.78 is 23.3. The average molecular weight is 444 g/mol. The number of carbonyl (C=O) groups excluding carboxylic acids is 1. The molecule has 2 aromatic rings. The highest BCUT2D eigenvalue weighted by Gasteiger charge is 2.29. The summed E-state index contributed by atoms with van der Waals surface area (Å²) in [4.78, 5) is 15.3. The van der Waals surface area contributed by atoms with E-state index in [1.165, 1.54) is 11.9 Å². The van der Waals surface area contributed by atoms with Crippen molar-refractivity contribution >= 4 is 21.4 Å². The predicted octanol–water partition coefficient (Wildman–Crippen LogP) is 3.39. The number of hydrogen-bond donors (Lipinski definition) is 0. The minimum atomic E-state index is -3.22. The van der Waals surface area contributed by atoms with Gasteiger partial charge in [0.2, 0.25) is 5.91 Å². The molecule has 7 heteroatoms. The lowest BCUT2D eigenvalue weighted by atomic mass is 10.0. The van der Waals surface area contributed by atoms with E-state index in [2.05, 4.69) is 41.2 Å². The van der Waals surface area contributed by atoms with Crippen molar-refractivity contribution in [1.82, 2.24) is 9.91 Å². The molecule has 0 aliphatic carbocycles. The standard InChI is InChI=1S/C24H33N3O3S/c1-4-26(24(28)19-20-11-13-23(14-12-20)31(3,29)30)21-15-17-25(18-16-21)27(5-2)22-9-7-6-8-10-22/h6-14,21H,4-5,15-19H2,1-3H3. The first-order valence-corrected chi connectivity index (χ1v) is 12.9. The smallest absolute Gasteiger partial charge is 0.227 e. The molecule has 0 unspecified atom stereocenters. The molecule has 0 bridgehead atoms. The van der Waals surface area contributed by atoms with Crippen LogP contribution in [0.25, 0.3) is 0 Å². The normalized spacial score (nSPS) is 15.6. The Morgan fingerprint density at radius 3 is 2.10 bits per heavy atom. The van der Waals surface area contributed by atoms with Crippen LogP contribution in [0.2, 0.25) is 0 Å². The minimum Gasteiger partial charge on any atom is -0.340 e. The second kappa shape index (κ2) is 10.3. The summed E-state index contributed by atoms with van der Waals surface area (Å²) in [5.41, 5.74) is 2.04. The lowest BCUT2D eigenvalue weighted by Crippen LogP contribution is -2.52. The second-order valence-corrected chi connectivity index (χ2v) is 10.0. The van der Waals surface area contributed by atoms with Crippen LogP contribution in [0.1, 0.15) is 32.3 Å². The molecule has 3 rings (SSSR count). The molecule has 0 atom stereocenters. The van der Waals surface area contributed by atoms with Gasteiger partial charge in [0, 0.05) is 38.5 Å². The fourth-order valence-electron chi connectivity index (χ4n) is 4.32. The number of hydrogen-bond acceptors (Lipinski definition) is 5. The molecule has 1 aliphatic rings. The number of rotatable bonds is 8. The van der Waals surface area contributed by atoms with Gasteiger partial charge in [-0.25, -0.2) is 13.4 Å². The number of likely N-dealkylation sites (N-methyl/N-ethyl adjacent to an activating group) is 1. The summed E-state index contributed by atoms with van der Waals surface area (Å²) in [6.45, 7) is 7.62. The number of benzene rings is 2. The molecular weight excluding hydrogens is 410 g/mol. The zero-order chi connectivity index (χ0) is 22.4. The maximum Gasteiger partial charge on any atom is 0.227 e. The number of sulfone groups is 1. The average Bonchev–Trinajstić information content (AvgIpc) is 2.76. The van der Waals surface area contributed by atoms with Gasteiger partial charge in [0.1, 0.15) is 0 Å². The molecule has 168 valence electrons. The predicted molar refractivity (Wildman–Crippen MR) is 125 cm³/mol. The zero-order valence-electron chi connectivity index (χ0n) is 18.7. The molecule has 0 saturated carbocycles. The number of amides is 1. The SMILES string of the molecule is CCN(C(=O)Cc1ccc(S(C)(=O)=O)cc1)C1CCN(N(CC)c2ccccc2)CC1. The van der Waals surface area contributed by atoms with Crippen molar-refractivity contribution in [2.75, 3.05) is 37.4 Å². The van der Waals surface area contributed by atoms with Gasteiger partial charge in [-0.2, -0.15) is 0 Å². The van der Waals surface area contributed by atoms with Crippen LogP contribution in [-0.2, 0) is 21.1 Å². The minimum absolute atomic E-state index is 0.100. The Hall–Kier alpha value is -2.38. The van der Waals surface area contributed by atoms with Gasteiger partial charge in [-0.1, -0.05) is 30.3 Å². The van der Waals surface area contributed by atoms with Gasteiger partial charge in [0.15, 0.2) is 9.84 Å². The van der Waals surface area contributed by atoms with E-state index in [-0.39, 0.29) is 16.8 Å². The molecule has 1 amide bonds. The van der Waals surface area contributed by atoms with Crippen molar-refractivity contribution in [1.29, 1.82) is 0 Å². The maximum atomic E-state index is 13.0. The Morgan fingerprint density at radius 2 is 1.58 bits per heavy atom. The molecule has 1 aliphatic heterocycles. The van der Waals surface area contributed by atoms with Crippen molar-refractivity contribution in [3.05, 3.63) is 60.2 Å². The third-order valence-corrected chi connectivity index (χ3v) is 7.07. The Bertz CT molecular complexity index is 953. The van der Waals surface area contributed by atoms with E-state index in [9.17, 15) is 13.2 Å². The summed E-state index contributed by atoms with van der Waals surface area (Å²) in [5.74, 6) is 0.100. The molecule has 31 heavy (non-hydrogen) atoms. The van der Waals surface area contributed by atoms with Crippen molar-refractivity contribution in [3.63, 3.8) is 0 Å². The van der Waals surface area contributed by atoms with Crippen molar-refractivity contribution < 1.29 is 13.2 Å². The van der Waals surface area contributed by atoms with Crippen LogP contribution in [0.5, 0.6) is 0 Å². The number of carbonyl (C=O) groups is 1. The summed E-state index contributed by atoms with van der Waals surface area (Å²) in [7, 11) is -3.22. The summed E-state index contributed by atoms with van der Waals surface area (Å²) in [6.07, 6.45) is 3.37. The number of para-hydroxylation sites is 1. The van der Waals surface area contributed by atoms with E-state index >= 15 is 0 Å². The quantitative estimate of drug-likeness (QED) is 0.626. The zero-order valence-corrected chi connectivity index (χ0v) is 19.5. The van der Waals surface area contributed by atoms with Crippen LogP contribution in [0.3, 0.4) is 0 Å². The fourth-order valence-corrected chi connectivity index (χ4v) is 4.95. The van der Waals surface area contributed by atoms with Crippen molar-refractivity contribution in [2.45, 2.75) is 44.0 Å². The molecule has 0 aromatic heterocycles. The Labute approximate surface area is 186 Å².